The minimum atomic E-state index is 0.357. The van der Waals surface area contributed by atoms with Gasteiger partial charge >= 0.3 is 0 Å². The van der Waals surface area contributed by atoms with Crippen molar-refractivity contribution in [2.75, 3.05) is 65.9 Å². The van der Waals surface area contributed by atoms with E-state index in [0.717, 1.165) is 44.5 Å². The molecule has 0 radical (unpaired) electrons. The number of fused-ring (bicyclic) bond motifs is 1. The Morgan fingerprint density at radius 1 is 0.972 bits per heavy atom. The Bertz CT molecular complexity index is 1270. The molecule has 1 saturated heterocycles. The monoisotopic (exact) mass is 529 g/mol. The van der Waals surface area contributed by atoms with Crippen molar-refractivity contribution in [1.82, 2.24) is 14.8 Å². The quantitative estimate of drug-likeness (QED) is 0.379. The summed E-state index contributed by atoms with van der Waals surface area (Å²) < 4.78 is 16.9. The number of ether oxygens (including phenoxy) is 3. The molecule has 10 heteroatoms. The smallest absolute Gasteiger partial charge is 0.163 e. The zero-order valence-electron chi connectivity index (χ0n) is 20.6. The predicted molar refractivity (Wildman–Crippen MR) is 143 cm³/mol. The van der Waals surface area contributed by atoms with Crippen molar-refractivity contribution in [3.8, 4) is 23.3 Å². The molecule has 36 heavy (non-hydrogen) atoms. The zero-order valence-corrected chi connectivity index (χ0v) is 22.1. The molecule has 8 nitrogen and oxygen atoms in total. The molecule has 0 amide bonds. The third kappa shape index (κ3) is 6.05. The molecular weight excluding hydrogens is 501 g/mol. The zero-order chi connectivity index (χ0) is 25.7. The highest BCUT2D eigenvalue weighted by atomic mass is 35.5. The van der Waals surface area contributed by atoms with Crippen LogP contribution in [0.15, 0.2) is 30.3 Å². The van der Waals surface area contributed by atoms with Gasteiger partial charge in [-0.3, -0.25) is 0 Å². The van der Waals surface area contributed by atoms with Crippen LogP contribution in [0.25, 0.3) is 10.9 Å². The SMILES string of the molecule is COc1cc(Nc2nc3cc(OCCCN4CCN(C)CC4)c(OC)cc3cc2C#N)c(Cl)cc1Cl. The number of hydrogen-bond acceptors (Lipinski definition) is 8. The van der Waals surface area contributed by atoms with Gasteiger partial charge in [-0.2, -0.15) is 5.26 Å². The first-order chi connectivity index (χ1) is 17.4. The molecule has 1 aliphatic heterocycles. The van der Waals surface area contributed by atoms with Gasteiger partial charge in [-0.15, -0.1) is 0 Å². The summed E-state index contributed by atoms with van der Waals surface area (Å²) in [7, 11) is 5.28. The topological polar surface area (TPSA) is 82.9 Å². The van der Waals surface area contributed by atoms with Crippen molar-refractivity contribution in [2.45, 2.75) is 6.42 Å². The maximum atomic E-state index is 9.75. The van der Waals surface area contributed by atoms with Crippen LogP contribution in [0.5, 0.6) is 17.2 Å². The number of hydrogen-bond donors (Lipinski definition) is 1. The van der Waals surface area contributed by atoms with Gasteiger partial charge in [0.05, 0.1) is 47.6 Å². The van der Waals surface area contributed by atoms with Gasteiger partial charge in [0, 0.05) is 50.2 Å². The van der Waals surface area contributed by atoms with E-state index in [1.165, 1.54) is 7.11 Å². The van der Waals surface area contributed by atoms with Crippen molar-refractivity contribution in [3.05, 3.63) is 45.9 Å². The molecule has 1 aliphatic rings. The lowest BCUT2D eigenvalue weighted by Crippen LogP contribution is -2.44. The third-order valence-corrected chi connectivity index (χ3v) is 6.80. The van der Waals surface area contributed by atoms with E-state index in [9.17, 15) is 5.26 Å². The summed E-state index contributed by atoms with van der Waals surface area (Å²) in [5.41, 5.74) is 1.54. The lowest BCUT2D eigenvalue weighted by Gasteiger charge is -2.32. The van der Waals surface area contributed by atoms with Gasteiger partial charge in [0.15, 0.2) is 11.5 Å². The van der Waals surface area contributed by atoms with Gasteiger partial charge in [0.2, 0.25) is 0 Å². The number of nitrogens with zero attached hydrogens (tertiary/aromatic N) is 4. The summed E-state index contributed by atoms with van der Waals surface area (Å²) in [4.78, 5) is 9.50. The molecule has 190 valence electrons. The molecule has 0 saturated carbocycles. The Morgan fingerprint density at radius 3 is 2.42 bits per heavy atom. The number of halogens is 2. The second-order valence-electron chi connectivity index (χ2n) is 8.63. The van der Waals surface area contributed by atoms with Gasteiger partial charge in [0.1, 0.15) is 17.6 Å². The number of anilines is 2. The Labute approximate surface area is 221 Å². The molecular formula is C26H29Cl2N5O3. The van der Waals surface area contributed by atoms with E-state index in [2.05, 4.69) is 28.2 Å². The van der Waals surface area contributed by atoms with Crippen molar-refractivity contribution in [2.24, 2.45) is 0 Å². The van der Waals surface area contributed by atoms with Crippen molar-refractivity contribution < 1.29 is 14.2 Å². The highest BCUT2D eigenvalue weighted by molar-refractivity contribution is 6.37. The molecule has 0 spiro atoms. The number of rotatable bonds is 9. The normalized spacial score (nSPS) is 14.4. The van der Waals surface area contributed by atoms with Crippen molar-refractivity contribution in [3.63, 3.8) is 0 Å². The van der Waals surface area contributed by atoms with Gasteiger partial charge in [-0.05, 0) is 31.7 Å². The fraction of sp³-hybridized carbons (Fsp3) is 0.385. The summed E-state index contributed by atoms with van der Waals surface area (Å²) in [6.07, 6.45) is 0.912. The van der Waals surface area contributed by atoms with E-state index in [-0.39, 0.29) is 0 Å². The first-order valence-corrected chi connectivity index (χ1v) is 12.4. The van der Waals surface area contributed by atoms with Crippen LogP contribution in [0.1, 0.15) is 12.0 Å². The van der Waals surface area contributed by atoms with Crippen LogP contribution >= 0.6 is 23.2 Å². The van der Waals surface area contributed by atoms with Crippen LogP contribution in [0.4, 0.5) is 11.5 Å². The first-order valence-electron chi connectivity index (χ1n) is 11.7. The highest BCUT2D eigenvalue weighted by Crippen LogP contribution is 2.37. The number of nitrogens with one attached hydrogen (secondary N) is 1. The Balaban J connectivity index is 1.54. The summed E-state index contributed by atoms with van der Waals surface area (Å²) in [6, 6.07) is 10.9. The molecule has 1 aromatic heterocycles. The number of nitriles is 1. The molecule has 1 N–H and O–H groups in total. The number of benzene rings is 2. The number of likely N-dealkylation sites (N-methyl/N-ethyl adjacent to an activating group) is 1. The van der Waals surface area contributed by atoms with E-state index in [0.29, 0.717) is 56.5 Å². The molecule has 1 fully saturated rings. The highest BCUT2D eigenvalue weighted by Gasteiger charge is 2.16. The fourth-order valence-corrected chi connectivity index (χ4v) is 4.59. The number of aromatic nitrogens is 1. The van der Waals surface area contributed by atoms with E-state index in [1.807, 2.05) is 12.1 Å². The minimum absolute atomic E-state index is 0.357. The summed E-state index contributed by atoms with van der Waals surface area (Å²) in [5, 5.41) is 14.4. The third-order valence-electron chi connectivity index (χ3n) is 6.19. The Kier molecular flexibility index (Phi) is 8.60. The van der Waals surface area contributed by atoms with Crippen molar-refractivity contribution in [1.29, 1.82) is 5.26 Å². The van der Waals surface area contributed by atoms with E-state index in [1.54, 1.807) is 25.3 Å². The van der Waals surface area contributed by atoms with Crippen LogP contribution in [0.3, 0.4) is 0 Å². The predicted octanol–water partition coefficient (Wildman–Crippen LogP) is 5.19. The summed E-state index contributed by atoms with van der Waals surface area (Å²) in [5.74, 6) is 2.03. The van der Waals surface area contributed by atoms with Crippen LogP contribution in [-0.4, -0.2) is 75.4 Å². The van der Waals surface area contributed by atoms with Gasteiger partial charge < -0.3 is 29.3 Å². The fourth-order valence-electron chi connectivity index (χ4n) is 4.09. The molecule has 0 atom stereocenters. The lowest BCUT2D eigenvalue weighted by molar-refractivity contribution is 0.145. The largest absolute Gasteiger partial charge is 0.495 e. The average molecular weight is 530 g/mol. The summed E-state index contributed by atoms with van der Waals surface area (Å²) in [6.45, 7) is 5.92. The lowest BCUT2D eigenvalue weighted by atomic mass is 10.1. The maximum absolute atomic E-state index is 9.75. The second-order valence-corrected chi connectivity index (χ2v) is 9.45. The Hall–Kier alpha value is -2.96. The molecule has 0 aliphatic carbocycles. The van der Waals surface area contributed by atoms with Gasteiger partial charge in [-0.1, -0.05) is 23.2 Å². The van der Waals surface area contributed by atoms with Crippen LogP contribution < -0.4 is 19.5 Å². The summed E-state index contributed by atoms with van der Waals surface area (Å²) >= 11 is 12.5. The minimum Gasteiger partial charge on any atom is -0.495 e. The maximum Gasteiger partial charge on any atom is 0.163 e. The molecule has 2 aromatic carbocycles. The molecule has 3 aromatic rings. The standard InChI is InChI=1S/C26H29Cl2N5O3/c1-32-6-8-33(9-7-32)5-4-10-36-25-14-21-17(12-24(25)35-3)11-18(16-29)26(30-21)31-22-15-23(34-2)20(28)13-19(22)27/h11-15H,4-10H2,1-3H3,(H,30,31). The molecule has 0 unspecified atom stereocenters. The van der Waals surface area contributed by atoms with E-state index < -0.39 is 0 Å². The Morgan fingerprint density at radius 2 is 1.72 bits per heavy atom. The van der Waals surface area contributed by atoms with Gasteiger partial charge in [-0.25, -0.2) is 4.98 Å². The second kappa shape index (κ2) is 11.8. The van der Waals surface area contributed by atoms with Crippen molar-refractivity contribution >= 4 is 45.6 Å². The van der Waals surface area contributed by atoms with Crippen LogP contribution in [-0.2, 0) is 0 Å². The molecule has 2 heterocycles. The number of piperazine rings is 1. The van der Waals surface area contributed by atoms with E-state index >= 15 is 0 Å². The number of pyridine rings is 1. The van der Waals surface area contributed by atoms with Gasteiger partial charge in [0.25, 0.3) is 0 Å². The first kappa shape index (κ1) is 26.1. The van der Waals surface area contributed by atoms with Crippen LogP contribution in [0, 0.1) is 11.3 Å². The van der Waals surface area contributed by atoms with E-state index in [4.69, 9.17) is 42.4 Å². The van der Waals surface area contributed by atoms with Crippen LogP contribution in [0.2, 0.25) is 10.0 Å². The average Bonchev–Trinajstić information content (AvgIpc) is 2.88. The molecule has 4 rings (SSSR count). The number of methoxy groups -OCH3 is 2. The molecule has 0 bridgehead atoms.